The zero-order valence-corrected chi connectivity index (χ0v) is 35.3. The van der Waals surface area contributed by atoms with Crippen molar-refractivity contribution in [3.8, 4) is 0 Å². The van der Waals surface area contributed by atoms with Gasteiger partial charge >= 0.3 is 23.9 Å². The molecule has 4 aliphatic rings. The fourth-order valence-electron chi connectivity index (χ4n) is 11.6. The average molecular weight is 777 g/mol. The second-order valence-electron chi connectivity index (χ2n) is 18.5. The molecule has 0 aromatic heterocycles. The van der Waals surface area contributed by atoms with Crippen LogP contribution in [0.4, 0.5) is 0 Å². The van der Waals surface area contributed by atoms with Crippen LogP contribution in [-0.2, 0) is 47.6 Å². The van der Waals surface area contributed by atoms with E-state index in [1.54, 1.807) is 26.8 Å². The summed E-state index contributed by atoms with van der Waals surface area (Å²) in [6.45, 7) is 24.1. The van der Waals surface area contributed by atoms with Crippen molar-refractivity contribution in [2.24, 2.45) is 39.9 Å². The summed E-state index contributed by atoms with van der Waals surface area (Å²) in [6, 6.07) is 0. The Labute approximate surface area is 328 Å². The highest BCUT2D eigenvalue weighted by Gasteiger charge is 2.70. The molecule has 4 rings (SSSR count). The summed E-state index contributed by atoms with van der Waals surface area (Å²) >= 11 is 0. The quantitative estimate of drug-likeness (QED) is 0.0919. The molecule has 12 nitrogen and oxygen atoms in total. The number of allylic oxidation sites excluding steroid dienone is 1. The van der Waals surface area contributed by atoms with Gasteiger partial charge in [0.05, 0.1) is 30.5 Å². The van der Waals surface area contributed by atoms with Crippen molar-refractivity contribution < 1.29 is 57.8 Å². The van der Waals surface area contributed by atoms with Gasteiger partial charge in [-0.1, -0.05) is 45.1 Å². The van der Waals surface area contributed by atoms with Crippen molar-refractivity contribution in [2.45, 2.75) is 176 Å². The largest absolute Gasteiger partial charge is 0.469 e. The molecule has 2 N–H and O–H groups in total. The van der Waals surface area contributed by atoms with E-state index >= 15 is 0 Å². The van der Waals surface area contributed by atoms with Crippen LogP contribution < -0.4 is 0 Å². The second kappa shape index (κ2) is 16.6. The first-order valence-electron chi connectivity index (χ1n) is 20.0. The summed E-state index contributed by atoms with van der Waals surface area (Å²) in [6.07, 6.45) is 2.39. The van der Waals surface area contributed by atoms with Crippen molar-refractivity contribution in [1.82, 2.24) is 0 Å². The average Bonchev–Trinajstić information content (AvgIpc) is 3.43. The maximum absolute atomic E-state index is 12.7. The molecule has 0 unspecified atom stereocenters. The summed E-state index contributed by atoms with van der Waals surface area (Å²) in [5.74, 6) is -2.51. The Balaban J connectivity index is 1.88. The maximum Gasteiger partial charge on any atom is 0.305 e. The number of rotatable bonds is 13. The number of carbonyl (C=O) groups is 4. The number of aliphatic hydroxyl groups is 2. The fourth-order valence-corrected chi connectivity index (χ4v) is 11.6. The van der Waals surface area contributed by atoms with E-state index in [0.29, 0.717) is 19.3 Å². The van der Waals surface area contributed by atoms with E-state index in [4.69, 9.17) is 28.4 Å². The number of fused-ring (bicyclic) bond motifs is 3. The maximum atomic E-state index is 12.7. The van der Waals surface area contributed by atoms with E-state index in [0.717, 1.165) is 31.3 Å². The van der Waals surface area contributed by atoms with Gasteiger partial charge < -0.3 is 38.6 Å². The molecule has 14 atom stereocenters. The van der Waals surface area contributed by atoms with Crippen molar-refractivity contribution in [3.63, 3.8) is 0 Å². The molecule has 12 heteroatoms. The lowest BCUT2D eigenvalue weighted by atomic mass is 9.37. The zero-order valence-electron chi connectivity index (χ0n) is 35.3. The minimum Gasteiger partial charge on any atom is -0.469 e. The Bertz CT molecular complexity index is 1480. The van der Waals surface area contributed by atoms with Crippen LogP contribution in [0.2, 0.25) is 0 Å². The molecular weight excluding hydrogens is 708 g/mol. The summed E-state index contributed by atoms with van der Waals surface area (Å²) < 4.78 is 35.9. The van der Waals surface area contributed by atoms with Crippen molar-refractivity contribution in [1.29, 1.82) is 0 Å². The van der Waals surface area contributed by atoms with E-state index < -0.39 is 65.9 Å². The van der Waals surface area contributed by atoms with E-state index in [2.05, 4.69) is 34.3 Å². The molecular formula is C43H68O12. The summed E-state index contributed by atoms with van der Waals surface area (Å²) in [5, 5.41) is 22.8. The minimum atomic E-state index is -1.28. The van der Waals surface area contributed by atoms with Crippen LogP contribution in [0.3, 0.4) is 0 Å². The lowest BCUT2D eigenvalue weighted by Crippen LogP contribution is -2.66. The fraction of sp³-hybridized carbons (Fsp3) is 0.814. The van der Waals surface area contributed by atoms with Crippen LogP contribution >= 0.6 is 0 Å². The topological polar surface area (TPSA) is 164 Å². The third-order valence-corrected chi connectivity index (χ3v) is 14.1. The zero-order chi connectivity index (χ0) is 41.5. The first kappa shape index (κ1) is 44.9. The molecule has 0 spiro atoms. The first-order chi connectivity index (χ1) is 25.3. The number of hydrogen-bond acceptors (Lipinski definition) is 12. The van der Waals surface area contributed by atoms with Gasteiger partial charge in [0.1, 0.15) is 0 Å². The number of esters is 4. The van der Waals surface area contributed by atoms with Crippen LogP contribution in [0.5, 0.6) is 0 Å². The molecule has 1 heterocycles. The Morgan fingerprint density at radius 3 is 1.98 bits per heavy atom. The highest BCUT2D eigenvalue weighted by Crippen LogP contribution is 2.74. The molecule has 0 amide bonds. The predicted octanol–water partition coefficient (Wildman–Crippen LogP) is 6.38. The van der Waals surface area contributed by atoms with Gasteiger partial charge in [-0.05, 0) is 119 Å². The molecule has 3 aliphatic carbocycles. The van der Waals surface area contributed by atoms with Crippen molar-refractivity contribution in [2.75, 3.05) is 7.11 Å². The minimum absolute atomic E-state index is 0.0244. The highest BCUT2D eigenvalue weighted by molar-refractivity contribution is 5.69. The Kier molecular flexibility index (Phi) is 13.5. The SMILES string of the molecule is C=C(C)[C@@H]1CC[C@]2(C)[C@H](C[C@@H](O[C@@H]3O[C@H](C)[C@@H](OC(C)=O)[C@H](OC(C)=O)[C@H]3OC(C)=O)[C@@H]3[C@@H]([C@@](C)(O)C/C=C/C(C)(C)O)CC[C@]32C)[C@@]1(C)CCC(=O)OC. The number of ether oxygens (including phenoxy) is 6. The lowest BCUT2D eigenvalue weighted by Gasteiger charge is -2.68. The smallest absolute Gasteiger partial charge is 0.305 e. The summed E-state index contributed by atoms with van der Waals surface area (Å²) in [4.78, 5) is 50.1. The Hall–Kier alpha value is -2.80. The third-order valence-electron chi connectivity index (χ3n) is 14.1. The number of hydrogen-bond donors (Lipinski definition) is 2. The molecule has 0 aromatic rings. The van der Waals surface area contributed by atoms with Gasteiger partial charge in [0.15, 0.2) is 24.6 Å². The molecule has 3 saturated carbocycles. The Morgan fingerprint density at radius 1 is 0.873 bits per heavy atom. The number of carbonyl (C=O) groups excluding carboxylic acids is 4. The lowest BCUT2D eigenvalue weighted by molar-refractivity contribution is -0.330. The van der Waals surface area contributed by atoms with Gasteiger partial charge in [-0.15, -0.1) is 0 Å². The van der Waals surface area contributed by atoms with E-state index in [1.165, 1.54) is 27.9 Å². The normalized spacial score (nSPS) is 40.0. The van der Waals surface area contributed by atoms with Gasteiger partial charge in [-0.25, -0.2) is 0 Å². The van der Waals surface area contributed by atoms with Crippen molar-refractivity contribution in [3.05, 3.63) is 24.3 Å². The highest BCUT2D eigenvalue weighted by atomic mass is 16.7. The van der Waals surface area contributed by atoms with Crippen LogP contribution in [-0.4, -0.2) is 89.2 Å². The Morgan fingerprint density at radius 2 is 1.44 bits per heavy atom. The summed E-state index contributed by atoms with van der Waals surface area (Å²) in [7, 11) is 1.41. The van der Waals surface area contributed by atoms with Gasteiger partial charge in [0.25, 0.3) is 0 Å². The standard InChI is InChI=1S/C43H68O12/c1-24(2)29-15-21-41(10)32(40(29,9)20-17-33(47)50-13)23-31(34-30(16-22-42(34,41)11)43(12,49)19-14-18-39(7,8)48)55-38-37(54-28(6)46)36(53-27(5)45)35(25(3)51-38)52-26(4)44/h14,18,25,29-32,34-38,48-49H,1,15-17,19-23H2,2-13H3/b18-14+/t25-,29+,30+,31-,32-,34+,35-,36+,37-,38+,40+,41-,42-,43+/m1/s1. The predicted molar refractivity (Wildman–Crippen MR) is 204 cm³/mol. The van der Waals surface area contributed by atoms with Gasteiger partial charge in [-0.2, -0.15) is 0 Å². The van der Waals surface area contributed by atoms with E-state index in [9.17, 15) is 29.4 Å². The van der Waals surface area contributed by atoms with Gasteiger partial charge in [0.2, 0.25) is 0 Å². The monoisotopic (exact) mass is 776 g/mol. The molecule has 0 bridgehead atoms. The third kappa shape index (κ3) is 9.18. The molecule has 1 aliphatic heterocycles. The number of methoxy groups -OCH3 is 1. The molecule has 0 radical (unpaired) electrons. The summed E-state index contributed by atoms with van der Waals surface area (Å²) in [5.41, 5.74) is -2.15. The molecule has 4 fully saturated rings. The van der Waals surface area contributed by atoms with E-state index in [1.807, 2.05) is 13.0 Å². The molecule has 312 valence electrons. The molecule has 1 saturated heterocycles. The van der Waals surface area contributed by atoms with Crippen LogP contribution in [0.25, 0.3) is 0 Å². The first-order valence-corrected chi connectivity index (χ1v) is 20.0. The van der Waals surface area contributed by atoms with Gasteiger partial charge in [0, 0.05) is 27.2 Å². The van der Waals surface area contributed by atoms with Crippen molar-refractivity contribution >= 4 is 23.9 Å². The van der Waals surface area contributed by atoms with E-state index in [-0.39, 0.29) is 52.3 Å². The van der Waals surface area contributed by atoms with Crippen LogP contribution in [0.1, 0.15) is 128 Å². The van der Waals surface area contributed by atoms with Crippen LogP contribution in [0, 0.1) is 39.9 Å². The molecule has 55 heavy (non-hydrogen) atoms. The second-order valence-corrected chi connectivity index (χ2v) is 18.5. The van der Waals surface area contributed by atoms with Gasteiger partial charge in [-0.3, -0.25) is 19.2 Å². The molecule has 0 aromatic carbocycles. The van der Waals surface area contributed by atoms with Crippen LogP contribution in [0.15, 0.2) is 24.3 Å².